The van der Waals surface area contributed by atoms with E-state index in [1.807, 2.05) is 13.8 Å². The highest BCUT2D eigenvalue weighted by molar-refractivity contribution is 7.92. The molecule has 15 heteroatoms. The van der Waals surface area contributed by atoms with Crippen LogP contribution in [0.1, 0.15) is 54.3 Å². The normalized spacial score (nSPS) is 17.6. The Hall–Kier alpha value is -3.85. The number of alkyl halides is 6. The van der Waals surface area contributed by atoms with Crippen molar-refractivity contribution in [1.29, 1.82) is 0 Å². The Morgan fingerprint density at radius 1 is 0.872 bits per heavy atom. The zero-order valence-corrected chi connectivity index (χ0v) is 25.6. The van der Waals surface area contributed by atoms with E-state index in [4.69, 9.17) is 0 Å². The Bertz CT molecular complexity index is 1830. The van der Waals surface area contributed by atoms with Crippen LogP contribution in [0.5, 0.6) is 0 Å². The molecule has 0 radical (unpaired) electrons. The van der Waals surface area contributed by atoms with Crippen LogP contribution in [0.2, 0.25) is 0 Å². The smallest absolute Gasteiger partial charge is 0.349 e. The van der Waals surface area contributed by atoms with Gasteiger partial charge in [-0.05, 0) is 80.6 Å². The molecule has 1 atom stereocenters. The van der Waals surface area contributed by atoms with Crippen LogP contribution < -0.4 is 0 Å². The van der Waals surface area contributed by atoms with Crippen molar-refractivity contribution in [2.45, 2.75) is 73.4 Å². The summed E-state index contributed by atoms with van der Waals surface area (Å²) in [7, 11) is -4.47. The van der Waals surface area contributed by atoms with Crippen molar-refractivity contribution in [3.8, 4) is 0 Å². The third kappa shape index (κ3) is 5.70. The SMILES string of the molecule is CC(C)n1ncc2c1CCC(c1ccc(C(OCc3c(F)cccc3F)(C(F)(F)F)C(F)(F)F)cc1)(S(=O)(=O)c1ccc(F)cc1)C2. The molecule has 1 heterocycles. The zero-order valence-electron chi connectivity index (χ0n) is 24.8. The molecule has 0 N–H and O–H groups in total. The molecular weight excluding hydrogens is 663 g/mol. The predicted molar refractivity (Wildman–Crippen MR) is 151 cm³/mol. The summed E-state index contributed by atoms with van der Waals surface area (Å²) in [6.07, 6.45) is -11.1. The maximum atomic E-state index is 14.5. The Morgan fingerprint density at radius 3 is 1.98 bits per heavy atom. The second kappa shape index (κ2) is 12.0. The topological polar surface area (TPSA) is 61.2 Å². The summed E-state index contributed by atoms with van der Waals surface area (Å²) >= 11 is 0. The molecule has 0 fully saturated rings. The van der Waals surface area contributed by atoms with Crippen LogP contribution in [-0.4, -0.2) is 30.6 Å². The minimum absolute atomic E-state index is 0.0880. The molecular formula is C32H27F9N2O3S. The first-order valence-corrected chi connectivity index (χ1v) is 15.7. The predicted octanol–water partition coefficient (Wildman–Crippen LogP) is 8.28. The summed E-state index contributed by atoms with van der Waals surface area (Å²) in [5.74, 6) is -3.55. The van der Waals surface area contributed by atoms with Gasteiger partial charge in [-0.25, -0.2) is 21.6 Å². The van der Waals surface area contributed by atoms with Gasteiger partial charge in [-0.1, -0.05) is 30.3 Å². The van der Waals surface area contributed by atoms with Crippen LogP contribution in [0, 0.1) is 17.5 Å². The Morgan fingerprint density at radius 2 is 1.45 bits per heavy atom. The number of sulfone groups is 1. The summed E-state index contributed by atoms with van der Waals surface area (Å²) in [5, 5.41) is 4.33. The number of fused-ring (bicyclic) bond motifs is 1. The highest BCUT2D eigenvalue weighted by Gasteiger charge is 2.73. The highest BCUT2D eigenvalue weighted by atomic mass is 32.2. The van der Waals surface area contributed by atoms with Crippen LogP contribution in [0.25, 0.3) is 0 Å². The minimum Gasteiger partial charge on any atom is -0.349 e. The van der Waals surface area contributed by atoms with E-state index in [1.54, 1.807) is 4.68 Å². The quantitative estimate of drug-likeness (QED) is 0.138. The number of aromatic nitrogens is 2. The van der Waals surface area contributed by atoms with Gasteiger partial charge in [0.25, 0.3) is 5.60 Å². The summed E-state index contributed by atoms with van der Waals surface area (Å²) in [6.45, 7) is 1.99. The van der Waals surface area contributed by atoms with E-state index >= 15 is 0 Å². The maximum absolute atomic E-state index is 14.5. The van der Waals surface area contributed by atoms with Crippen LogP contribution >= 0.6 is 0 Å². The average Bonchev–Trinajstić information content (AvgIpc) is 3.41. The Kier molecular flexibility index (Phi) is 8.80. The molecule has 0 saturated heterocycles. The molecule has 1 aliphatic carbocycles. The van der Waals surface area contributed by atoms with E-state index in [0.717, 1.165) is 48.2 Å². The van der Waals surface area contributed by atoms with Crippen LogP contribution in [-0.2, 0) is 44.4 Å². The largest absolute Gasteiger partial charge is 0.430 e. The van der Waals surface area contributed by atoms with E-state index in [1.165, 1.54) is 6.20 Å². The van der Waals surface area contributed by atoms with Crippen molar-refractivity contribution in [1.82, 2.24) is 9.78 Å². The average molecular weight is 691 g/mol. The minimum atomic E-state index is -6.18. The van der Waals surface area contributed by atoms with Crippen molar-refractivity contribution in [2.75, 3.05) is 0 Å². The molecule has 0 amide bonds. The molecule has 1 unspecified atom stereocenters. The lowest BCUT2D eigenvalue weighted by Gasteiger charge is -2.39. The first kappa shape index (κ1) is 34.5. The Balaban J connectivity index is 1.66. The summed E-state index contributed by atoms with van der Waals surface area (Å²) in [6, 6.07) is 8.58. The molecule has 1 aromatic heterocycles. The van der Waals surface area contributed by atoms with Crippen LogP contribution in [0.15, 0.2) is 77.8 Å². The van der Waals surface area contributed by atoms with Crippen molar-refractivity contribution >= 4 is 9.84 Å². The van der Waals surface area contributed by atoms with Gasteiger partial charge in [0.15, 0.2) is 9.84 Å². The number of ether oxygens (including phenoxy) is 1. The molecule has 4 aromatic rings. The molecule has 252 valence electrons. The van der Waals surface area contributed by atoms with E-state index in [-0.39, 0.29) is 35.8 Å². The van der Waals surface area contributed by atoms with Crippen LogP contribution in [0.4, 0.5) is 39.5 Å². The van der Waals surface area contributed by atoms with E-state index < -0.39 is 67.7 Å². The summed E-state index contributed by atoms with van der Waals surface area (Å²) in [5.41, 5.74) is -6.58. The number of benzene rings is 3. The summed E-state index contributed by atoms with van der Waals surface area (Å²) in [4.78, 5) is -0.308. The molecule has 0 aliphatic heterocycles. The lowest BCUT2D eigenvalue weighted by Crippen LogP contribution is -2.56. The molecule has 1 aliphatic rings. The second-order valence-corrected chi connectivity index (χ2v) is 13.8. The number of rotatable bonds is 8. The second-order valence-electron chi connectivity index (χ2n) is 11.5. The first-order chi connectivity index (χ1) is 21.9. The van der Waals surface area contributed by atoms with Gasteiger partial charge in [0, 0.05) is 22.9 Å². The molecule has 47 heavy (non-hydrogen) atoms. The van der Waals surface area contributed by atoms with Crippen LogP contribution in [0.3, 0.4) is 0 Å². The van der Waals surface area contributed by atoms with Crippen molar-refractivity contribution in [3.05, 3.63) is 118 Å². The maximum Gasteiger partial charge on any atom is 0.430 e. The lowest BCUT2D eigenvalue weighted by atomic mass is 9.80. The molecule has 5 nitrogen and oxygen atoms in total. The number of nitrogens with zero attached hydrogens (tertiary/aromatic N) is 2. The number of hydrogen-bond acceptors (Lipinski definition) is 4. The first-order valence-electron chi connectivity index (χ1n) is 14.2. The number of hydrogen-bond donors (Lipinski definition) is 0. The third-order valence-electron chi connectivity index (χ3n) is 8.46. The van der Waals surface area contributed by atoms with Gasteiger partial charge < -0.3 is 4.74 Å². The summed E-state index contributed by atoms with van der Waals surface area (Å²) < 4.78 is 162. The number of halogens is 9. The molecule has 3 aromatic carbocycles. The third-order valence-corrected chi connectivity index (χ3v) is 11.0. The van der Waals surface area contributed by atoms with E-state index in [0.29, 0.717) is 29.8 Å². The van der Waals surface area contributed by atoms with Gasteiger partial charge in [0.05, 0.1) is 17.7 Å². The molecule has 0 bridgehead atoms. The molecule has 5 rings (SSSR count). The monoisotopic (exact) mass is 690 g/mol. The van der Waals surface area contributed by atoms with Crippen molar-refractivity contribution < 1.29 is 52.7 Å². The fraction of sp³-hybridized carbons (Fsp3) is 0.344. The zero-order chi connectivity index (χ0) is 34.6. The highest BCUT2D eigenvalue weighted by Crippen LogP contribution is 2.54. The van der Waals surface area contributed by atoms with Gasteiger partial charge in [-0.15, -0.1) is 0 Å². The molecule has 0 saturated carbocycles. The van der Waals surface area contributed by atoms with Gasteiger partial charge >= 0.3 is 12.4 Å². The Labute approximate surface area is 263 Å². The standard InChI is InChI=1S/C32H27F9N2O3S/c1-19(2)43-28-14-15-29(16-20(28)17-42-43,47(44,45)24-12-10-23(33)11-13-24)21-6-8-22(9-7-21)30(31(36,37)38,32(39,40)41)46-18-25-26(34)4-3-5-27(25)35/h3-13,17,19H,14-16,18H2,1-2H3. The fourth-order valence-electron chi connectivity index (χ4n) is 6.07. The van der Waals surface area contributed by atoms with E-state index in [9.17, 15) is 47.9 Å². The van der Waals surface area contributed by atoms with Crippen molar-refractivity contribution in [2.24, 2.45) is 0 Å². The fourth-order valence-corrected chi connectivity index (χ4v) is 8.18. The van der Waals surface area contributed by atoms with Gasteiger partial charge in [0.2, 0.25) is 0 Å². The van der Waals surface area contributed by atoms with Gasteiger partial charge in [-0.2, -0.15) is 31.4 Å². The molecule has 0 spiro atoms. The van der Waals surface area contributed by atoms with Gasteiger partial charge in [0.1, 0.15) is 22.2 Å². The van der Waals surface area contributed by atoms with E-state index in [2.05, 4.69) is 9.84 Å². The lowest BCUT2D eigenvalue weighted by molar-refractivity contribution is -0.392. The van der Waals surface area contributed by atoms with Gasteiger partial charge in [-0.3, -0.25) is 4.68 Å². The van der Waals surface area contributed by atoms with Crippen molar-refractivity contribution in [3.63, 3.8) is 0 Å².